The number of likely N-dealkylation sites (tertiary alicyclic amines) is 1. The van der Waals surface area contributed by atoms with Crippen molar-refractivity contribution in [2.24, 2.45) is 0 Å². The molecule has 1 aliphatic rings. The highest BCUT2D eigenvalue weighted by molar-refractivity contribution is 5.74. The van der Waals surface area contributed by atoms with Crippen LogP contribution in [0, 0.1) is 20.8 Å². The van der Waals surface area contributed by atoms with Crippen LogP contribution in [0.1, 0.15) is 55.1 Å². The molecule has 0 radical (unpaired) electrons. The molecule has 0 saturated carbocycles. The highest BCUT2D eigenvalue weighted by Crippen LogP contribution is 2.32. The van der Waals surface area contributed by atoms with Gasteiger partial charge in [0, 0.05) is 19.2 Å². The van der Waals surface area contributed by atoms with Crippen molar-refractivity contribution in [1.82, 2.24) is 20.0 Å². The van der Waals surface area contributed by atoms with E-state index in [-0.39, 0.29) is 11.9 Å². The van der Waals surface area contributed by atoms with Crippen LogP contribution in [-0.2, 0) is 4.79 Å². The summed E-state index contributed by atoms with van der Waals surface area (Å²) < 4.78 is 5.24. The summed E-state index contributed by atoms with van der Waals surface area (Å²) >= 11 is 0. The highest BCUT2D eigenvalue weighted by atomic mass is 16.5. The maximum absolute atomic E-state index is 11.9. The topological polar surface area (TPSA) is 72.1 Å². The van der Waals surface area contributed by atoms with E-state index in [4.69, 9.17) is 9.51 Å². The van der Waals surface area contributed by atoms with Gasteiger partial charge in [-0.05, 0) is 46.1 Å². The Morgan fingerprint density at radius 2 is 2.04 bits per heavy atom. The molecule has 1 unspecified atom stereocenters. The van der Waals surface area contributed by atoms with Gasteiger partial charge in [-0.2, -0.15) is 0 Å². The minimum Gasteiger partial charge on any atom is -0.361 e. The van der Waals surface area contributed by atoms with Crippen LogP contribution in [-0.4, -0.2) is 32.5 Å². The van der Waals surface area contributed by atoms with Crippen LogP contribution >= 0.6 is 0 Å². The second-order valence-electron chi connectivity index (χ2n) is 6.18. The first-order valence-corrected chi connectivity index (χ1v) is 8.03. The third-order valence-corrected chi connectivity index (χ3v) is 4.38. The summed E-state index contributed by atoms with van der Waals surface area (Å²) in [5.41, 5.74) is 3.42. The quantitative estimate of drug-likeness (QED) is 0.851. The van der Waals surface area contributed by atoms with Crippen LogP contribution in [0.3, 0.4) is 0 Å². The molecule has 1 atom stereocenters. The number of aryl methyl sites for hydroxylation is 3. The second-order valence-corrected chi connectivity index (χ2v) is 6.18. The van der Waals surface area contributed by atoms with E-state index in [1.54, 1.807) is 6.92 Å². The fraction of sp³-hybridized carbons (Fsp3) is 0.529. The third kappa shape index (κ3) is 2.98. The van der Waals surface area contributed by atoms with Crippen molar-refractivity contribution >= 4 is 5.91 Å². The second kappa shape index (κ2) is 6.10. The molecule has 1 saturated heterocycles. The first-order valence-electron chi connectivity index (χ1n) is 8.03. The van der Waals surface area contributed by atoms with Gasteiger partial charge in [0.2, 0.25) is 5.91 Å². The number of amides is 1. The average molecular weight is 314 g/mol. The zero-order chi connectivity index (χ0) is 16.6. The van der Waals surface area contributed by atoms with Gasteiger partial charge in [0.1, 0.15) is 5.76 Å². The Hall–Kier alpha value is -2.24. The van der Waals surface area contributed by atoms with Crippen molar-refractivity contribution < 1.29 is 9.32 Å². The molecule has 0 spiro atoms. The number of nitrogens with zero attached hydrogens (tertiary/aromatic N) is 4. The number of carbonyl (C=O) groups is 1. The van der Waals surface area contributed by atoms with Gasteiger partial charge < -0.3 is 9.42 Å². The van der Waals surface area contributed by atoms with E-state index in [0.717, 1.165) is 48.5 Å². The minimum absolute atomic E-state index is 0.0298. The summed E-state index contributed by atoms with van der Waals surface area (Å²) in [4.78, 5) is 23.2. The summed E-state index contributed by atoms with van der Waals surface area (Å²) in [6.45, 7) is 8.13. The number of hydrogen-bond donors (Lipinski definition) is 0. The molecule has 0 aliphatic carbocycles. The van der Waals surface area contributed by atoms with Gasteiger partial charge in [0.25, 0.3) is 0 Å². The highest BCUT2D eigenvalue weighted by Gasteiger charge is 2.28. The van der Waals surface area contributed by atoms with Gasteiger partial charge in [0.15, 0.2) is 5.82 Å². The van der Waals surface area contributed by atoms with Crippen molar-refractivity contribution in [2.45, 2.75) is 53.0 Å². The van der Waals surface area contributed by atoms with Crippen LogP contribution in [0.5, 0.6) is 0 Å². The lowest BCUT2D eigenvalue weighted by molar-refractivity contribution is -0.132. The van der Waals surface area contributed by atoms with Crippen LogP contribution in [0.4, 0.5) is 0 Å². The number of piperidine rings is 1. The maximum Gasteiger partial charge on any atom is 0.220 e. The number of carbonyl (C=O) groups excluding carboxylic acids is 1. The van der Waals surface area contributed by atoms with Crippen LogP contribution in [0.25, 0.3) is 11.4 Å². The SMILES string of the molecule is CC(=O)N1CCCCC1c1cc(C)nc(-c2c(C)noc2C)n1. The minimum atomic E-state index is 0.0298. The van der Waals surface area contributed by atoms with E-state index in [0.29, 0.717) is 11.6 Å². The van der Waals surface area contributed by atoms with Gasteiger partial charge in [-0.3, -0.25) is 4.79 Å². The molecule has 2 aromatic heterocycles. The third-order valence-electron chi connectivity index (χ3n) is 4.38. The Morgan fingerprint density at radius 1 is 1.26 bits per heavy atom. The van der Waals surface area contributed by atoms with Gasteiger partial charge >= 0.3 is 0 Å². The normalized spacial score (nSPS) is 18.3. The van der Waals surface area contributed by atoms with Gasteiger partial charge in [0.05, 0.1) is 23.0 Å². The summed E-state index contributed by atoms with van der Waals surface area (Å²) in [6, 6.07) is 2.01. The van der Waals surface area contributed by atoms with E-state index in [9.17, 15) is 4.79 Å². The Bertz CT molecular complexity index is 719. The molecule has 23 heavy (non-hydrogen) atoms. The zero-order valence-corrected chi connectivity index (χ0v) is 14.1. The fourth-order valence-electron chi connectivity index (χ4n) is 3.29. The summed E-state index contributed by atoms with van der Waals surface area (Å²) in [5.74, 6) is 1.45. The molecule has 0 N–H and O–H groups in total. The van der Waals surface area contributed by atoms with Crippen LogP contribution in [0.2, 0.25) is 0 Å². The Kier molecular flexibility index (Phi) is 4.15. The summed E-state index contributed by atoms with van der Waals surface area (Å²) in [6.07, 6.45) is 3.10. The number of rotatable bonds is 2. The lowest BCUT2D eigenvalue weighted by atomic mass is 9.98. The molecule has 6 nitrogen and oxygen atoms in total. The molecular weight excluding hydrogens is 292 g/mol. The fourth-order valence-corrected chi connectivity index (χ4v) is 3.29. The van der Waals surface area contributed by atoms with E-state index in [1.165, 1.54) is 0 Å². The van der Waals surface area contributed by atoms with Crippen molar-refractivity contribution in [3.05, 3.63) is 28.9 Å². The molecule has 1 fully saturated rings. The number of aromatic nitrogens is 3. The molecular formula is C17H22N4O2. The molecule has 2 aromatic rings. The molecule has 1 aliphatic heterocycles. The summed E-state index contributed by atoms with van der Waals surface area (Å²) in [7, 11) is 0. The lowest BCUT2D eigenvalue weighted by Gasteiger charge is -2.34. The maximum atomic E-state index is 11.9. The molecule has 122 valence electrons. The monoisotopic (exact) mass is 314 g/mol. The largest absolute Gasteiger partial charge is 0.361 e. The van der Waals surface area contributed by atoms with Gasteiger partial charge in [-0.15, -0.1) is 0 Å². The van der Waals surface area contributed by atoms with Crippen molar-refractivity contribution in [1.29, 1.82) is 0 Å². The Balaban J connectivity index is 2.05. The summed E-state index contributed by atoms with van der Waals surface area (Å²) in [5, 5.41) is 3.99. The first kappa shape index (κ1) is 15.6. The van der Waals surface area contributed by atoms with Crippen molar-refractivity contribution in [3.63, 3.8) is 0 Å². The standard InChI is InChI=1S/C17H22N4O2/c1-10-9-14(15-7-5-6-8-21(15)13(4)22)19-17(18-10)16-11(2)20-23-12(16)3/h9,15H,5-8H2,1-4H3. The molecule has 1 amide bonds. The Morgan fingerprint density at radius 3 is 2.70 bits per heavy atom. The van der Waals surface area contributed by atoms with Crippen molar-refractivity contribution in [3.8, 4) is 11.4 Å². The molecule has 6 heteroatoms. The van der Waals surface area contributed by atoms with Crippen molar-refractivity contribution in [2.75, 3.05) is 6.54 Å². The molecule has 3 rings (SSSR count). The predicted molar refractivity (Wildman–Crippen MR) is 85.7 cm³/mol. The van der Waals surface area contributed by atoms with Gasteiger partial charge in [-0.25, -0.2) is 9.97 Å². The lowest BCUT2D eigenvalue weighted by Crippen LogP contribution is -2.37. The van der Waals surface area contributed by atoms with E-state index in [2.05, 4.69) is 10.1 Å². The van der Waals surface area contributed by atoms with Crippen LogP contribution in [0.15, 0.2) is 10.6 Å². The molecule has 3 heterocycles. The van der Waals surface area contributed by atoms with E-state index < -0.39 is 0 Å². The molecule has 0 bridgehead atoms. The first-order chi connectivity index (χ1) is 11.0. The van der Waals surface area contributed by atoms with E-state index in [1.807, 2.05) is 31.7 Å². The van der Waals surface area contributed by atoms with Crippen LogP contribution < -0.4 is 0 Å². The zero-order valence-electron chi connectivity index (χ0n) is 14.1. The Labute approximate surface area is 135 Å². The van der Waals surface area contributed by atoms with Gasteiger partial charge in [-0.1, -0.05) is 5.16 Å². The van der Waals surface area contributed by atoms with E-state index >= 15 is 0 Å². The smallest absolute Gasteiger partial charge is 0.220 e. The number of hydrogen-bond acceptors (Lipinski definition) is 5. The predicted octanol–water partition coefficient (Wildman–Crippen LogP) is 3.13. The molecule has 0 aromatic carbocycles. The average Bonchev–Trinajstić information content (AvgIpc) is 2.85.